The van der Waals surface area contributed by atoms with Gasteiger partial charge in [0, 0.05) is 16.3 Å². The van der Waals surface area contributed by atoms with Crippen LogP contribution in [0.2, 0.25) is 5.02 Å². The Labute approximate surface area is 198 Å². The Morgan fingerprint density at radius 2 is 1.73 bits per heavy atom. The molecule has 2 N–H and O–H groups in total. The first kappa shape index (κ1) is 24.4. The third-order valence-electron chi connectivity index (χ3n) is 4.89. The summed E-state index contributed by atoms with van der Waals surface area (Å²) in [5, 5.41) is 3.38. The summed E-state index contributed by atoms with van der Waals surface area (Å²) in [4.78, 5) is 12.5. The van der Waals surface area contributed by atoms with Crippen LogP contribution in [0.3, 0.4) is 0 Å². The van der Waals surface area contributed by atoms with E-state index in [4.69, 9.17) is 21.1 Å². The lowest BCUT2D eigenvalue weighted by Crippen LogP contribution is -2.31. The molecule has 9 heteroatoms. The molecule has 0 radical (unpaired) electrons. The van der Waals surface area contributed by atoms with Crippen molar-refractivity contribution in [1.82, 2.24) is 5.32 Å². The van der Waals surface area contributed by atoms with Gasteiger partial charge in [0.25, 0.3) is 15.9 Å². The molecule has 0 bridgehead atoms. The number of ether oxygens (including phenoxy) is 2. The molecule has 3 aromatic carbocycles. The number of hydrogen-bond donors (Lipinski definition) is 2. The molecule has 0 spiro atoms. The Kier molecular flexibility index (Phi) is 7.84. The van der Waals surface area contributed by atoms with Gasteiger partial charge in [-0.25, -0.2) is 8.42 Å². The van der Waals surface area contributed by atoms with Crippen molar-refractivity contribution < 1.29 is 22.7 Å². The summed E-state index contributed by atoms with van der Waals surface area (Å²) in [5.41, 5.74) is 1.84. The number of nitrogens with one attached hydrogen (secondary N) is 2. The van der Waals surface area contributed by atoms with E-state index < -0.39 is 10.0 Å². The van der Waals surface area contributed by atoms with E-state index in [-0.39, 0.29) is 23.5 Å². The molecule has 0 unspecified atom stereocenters. The summed E-state index contributed by atoms with van der Waals surface area (Å²) in [5.74, 6) is 0.792. The number of sulfonamides is 1. The fourth-order valence-electron chi connectivity index (χ4n) is 3.21. The zero-order chi connectivity index (χ0) is 24.0. The standard InChI is InChI=1S/C24H25ClN2O5S/c1-16-14-20(33(29,30)27-19-10-8-18(25)9-11-19)12-13-22(16)32-15-24(28)26-17(2)21-6-4-5-7-23(21)31-3/h4-14,17,27H,15H2,1-3H3,(H,26,28)/t17-/m1/s1. The van der Waals surface area contributed by atoms with Gasteiger partial charge in [-0.05, 0) is 67.9 Å². The van der Waals surface area contributed by atoms with Gasteiger partial charge in [-0.1, -0.05) is 29.8 Å². The molecule has 33 heavy (non-hydrogen) atoms. The maximum Gasteiger partial charge on any atom is 0.261 e. The van der Waals surface area contributed by atoms with E-state index in [9.17, 15) is 13.2 Å². The lowest BCUT2D eigenvalue weighted by molar-refractivity contribution is -0.123. The van der Waals surface area contributed by atoms with Gasteiger partial charge in [-0.15, -0.1) is 0 Å². The van der Waals surface area contributed by atoms with Crippen LogP contribution in [0.4, 0.5) is 5.69 Å². The fourth-order valence-corrected chi connectivity index (χ4v) is 4.48. The minimum absolute atomic E-state index is 0.0801. The van der Waals surface area contributed by atoms with Crippen molar-refractivity contribution in [2.24, 2.45) is 0 Å². The van der Waals surface area contributed by atoms with Gasteiger partial charge in [0.2, 0.25) is 0 Å². The van der Waals surface area contributed by atoms with Crippen molar-refractivity contribution in [3.63, 3.8) is 0 Å². The van der Waals surface area contributed by atoms with E-state index in [0.717, 1.165) is 5.56 Å². The highest BCUT2D eigenvalue weighted by molar-refractivity contribution is 7.92. The van der Waals surface area contributed by atoms with Crippen molar-refractivity contribution in [1.29, 1.82) is 0 Å². The first-order chi connectivity index (χ1) is 15.7. The first-order valence-corrected chi connectivity index (χ1v) is 12.0. The van der Waals surface area contributed by atoms with Gasteiger partial charge in [-0.3, -0.25) is 9.52 Å². The number of anilines is 1. The fraction of sp³-hybridized carbons (Fsp3) is 0.208. The van der Waals surface area contributed by atoms with Crippen molar-refractivity contribution in [3.8, 4) is 11.5 Å². The van der Waals surface area contributed by atoms with Crippen LogP contribution in [0.1, 0.15) is 24.1 Å². The largest absolute Gasteiger partial charge is 0.496 e. The number of rotatable bonds is 9. The molecule has 7 nitrogen and oxygen atoms in total. The van der Waals surface area contributed by atoms with Crippen LogP contribution < -0.4 is 19.5 Å². The van der Waals surface area contributed by atoms with E-state index in [1.165, 1.54) is 18.2 Å². The Balaban J connectivity index is 1.62. The highest BCUT2D eigenvalue weighted by Gasteiger charge is 2.17. The number of halogens is 1. The van der Waals surface area contributed by atoms with Gasteiger partial charge in [0.05, 0.1) is 18.0 Å². The van der Waals surface area contributed by atoms with E-state index >= 15 is 0 Å². The predicted octanol–water partition coefficient (Wildman–Crippen LogP) is 4.71. The maximum absolute atomic E-state index is 12.7. The van der Waals surface area contributed by atoms with Gasteiger partial charge in [0.15, 0.2) is 6.61 Å². The lowest BCUT2D eigenvalue weighted by Gasteiger charge is -2.18. The minimum Gasteiger partial charge on any atom is -0.496 e. The molecular weight excluding hydrogens is 464 g/mol. The van der Waals surface area contributed by atoms with Gasteiger partial charge >= 0.3 is 0 Å². The molecule has 0 aromatic heterocycles. The van der Waals surface area contributed by atoms with Crippen LogP contribution in [-0.4, -0.2) is 28.0 Å². The summed E-state index contributed by atoms with van der Waals surface area (Å²) >= 11 is 5.84. The Bertz CT molecular complexity index is 1230. The number of para-hydroxylation sites is 1. The van der Waals surface area contributed by atoms with Crippen molar-refractivity contribution in [2.45, 2.75) is 24.8 Å². The second-order valence-corrected chi connectivity index (χ2v) is 9.48. The smallest absolute Gasteiger partial charge is 0.261 e. The Hall–Kier alpha value is -3.23. The SMILES string of the molecule is COc1ccccc1[C@@H](C)NC(=O)COc1ccc(S(=O)(=O)Nc2ccc(Cl)cc2)cc1C. The molecular formula is C24H25ClN2O5S. The van der Waals surface area contributed by atoms with E-state index in [2.05, 4.69) is 10.0 Å². The van der Waals surface area contributed by atoms with Gasteiger partial charge in [0.1, 0.15) is 11.5 Å². The average molecular weight is 489 g/mol. The molecule has 0 heterocycles. The molecule has 0 aliphatic rings. The highest BCUT2D eigenvalue weighted by atomic mass is 35.5. The summed E-state index contributed by atoms with van der Waals surface area (Å²) in [6.07, 6.45) is 0. The predicted molar refractivity (Wildman–Crippen MR) is 128 cm³/mol. The number of aryl methyl sites for hydroxylation is 1. The van der Waals surface area contributed by atoms with Crippen LogP contribution in [-0.2, 0) is 14.8 Å². The molecule has 0 saturated heterocycles. The molecule has 174 valence electrons. The molecule has 3 aromatic rings. The third kappa shape index (κ3) is 6.40. The summed E-state index contributed by atoms with van der Waals surface area (Å²) in [6.45, 7) is 3.36. The lowest BCUT2D eigenvalue weighted by atomic mass is 10.1. The minimum atomic E-state index is -3.79. The van der Waals surface area contributed by atoms with E-state index in [1.54, 1.807) is 38.3 Å². The van der Waals surface area contributed by atoms with Crippen LogP contribution in [0.5, 0.6) is 11.5 Å². The topological polar surface area (TPSA) is 93.7 Å². The van der Waals surface area contributed by atoms with E-state index in [0.29, 0.717) is 27.8 Å². The first-order valence-electron chi connectivity index (χ1n) is 10.1. The molecule has 3 rings (SSSR count). The monoisotopic (exact) mass is 488 g/mol. The number of carbonyl (C=O) groups is 1. The van der Waals surface area contributed by atoms with Gasteiger partial charge < -0.3 is 14.8 Å². The number of amides is 1. The quantitative estimate of drug-likeness (QED) is 0.454. The van der Waals surface area contributed by atoms with Crippen molar-refractivity contribution in [3.05, 3.63) is 82.9 Å². The molecule has 0 saturated carbocycles. The number of benzene rings is 3. The second-order valence-electron chi connectivity index (χ2n) is 7.36. The summed E-state index contributed by atoms with van der Waals surface area (Å²) in [7, 11) is -2.21. The molecule has 0 aliphatic heterocycles. The van der Waals surface area contributed by atoms with E-state index in [1.807, 2.05) is 31.2 Å². The van der Waals surface area contributed by atoms with Gasteiger partial charge in [-0.2, -0.15) is 0 Å². The molecule has 0 fully saturated rings. The molecule has 0 aliphatic carbocycles. The van der Waals surface area contributed by atoms with Crippen LogP contribution >= 0.6 is 11.6 Å². The maximum atomic E-state index is 12.7. The molecule has 1 amide bonds. The van der Waals surface area contributed by atoms with Crippen LogP contribution in [0, 0.1) is 6.92 Å². The third-order valence-corrected chi connectivity index (χ3v) is 6.53. The Morgan fingerprint density at radius 1 is 1.03 bits per heavy atom. The second kappa shape index (κ2) is 10.6. The van der Waals surface area contributed by atoms with Crippen LogP contribution in [0.25, 0.3) is 0 Å². The molecule has 1 atom stereocenters. The number of hydrogen-bond acceptors (Lipinski definition) is 5. The number of carbonyl (C=O) groups excluding carboxylic acids is 1. The van der Waals surface area contributed by atoms with Crippen molar-refractivity contribution >= 4 is 33.2 Å². The van der Waals surface area contributed by atoms with Crippen molar-refractivity contribution in [2.75, 3.05) is 18.4 Å². The Morgan fingerprint density at radius 3 is 2.39 bits per heavy atom. The zero-order valence-corrected chi connectivity index (χ0v) is 20.0. The van der Waals surface area contributed by atoms with Crippen LogP contribution in [0.15, 0.2) is 71.6 Å². The number of methoxy groups -OCH3 is 1. The summed E-state index contributed by atoms with van der Waals surface area (Å²) < 4.78 is 38.8. The normalized spacial score (nSPS) is 12.0. The zero-order valence-electron chi connectivity index (χ0n) is 18.5. The highest BCUT2D eigenvalue weighted by Crippen LogP contribution is 2.26. The summed E-state index contributed by atoms with van der Waals surface area (Å²) in [6, 6.07) is 18.0. The average Bonchev–Trinajstić information content (AvgIpc) is 2.79.